The summed E-state index contributed by atoms with van der Waals surface area (Å²) < 4.78 is 26.7. The van der Waals surface area contributed by atoms with E-state index >= 15 is 0 Å². The first kappa shape index (κ1) is 17.4. The van der Waals surface area contributed by atoms with Crippen LogP contribution in [0.25, 0.3) is 0 Å². The Labute approximate surface area is 133 Å². The molecule has 1 aromatic rings. The van der Waals surface area contributed by atoms with Crippen LogP contribution in [0.1, 0.15) is 25.3 Å². The normalized spacial score (nSPS) is 22.7. The third-order valence-electron chi connectivity index (χ3n) is 4.18. The number of aliphatic carboxylic acids is 1. The summed E-state index contributed by atoms with van der Waals surface area (Å²) in [6, 6.07) is 3.65. The summed E-state index contributed by atoms with van der Waals surface area (Å²) in [5.41, 5.74) is -1.08. The van der Waals surface area contributed by atoms with Crippen molar-refractivity contribution in [3.63, 3.8) is 0 Å². The van der Waals surface area contributed by atoms with E-state index in [1.54, 1.807) is 6.92 Å². The van der Waals surface area contributed by atoms with Crippen molar-refractivity contribution in [2.45, 2.75) is 31.6 Å². The van der Waals surface area contributed by atoms with Gasteiger partial charge in [0.25, 0.3) is 5.69 Å². The van der Waals surface area contributed by atoms with Gasteiger partial charge in [0.05, 0.1) is 15.2 Å². The number of piperidine rings is 1. The SMILES string of the molecule is Cc1ccc([N+](=O)[O-])cc1S(=O)(=O)N1CCC[C@@](C)(C(=O)O)C1. The number of carboxylic acid groups (broad SMARTS) is 1. The number of sulfonamides is 1. The number of rotatable bonds is 4. The van der Waals surface area contributed by atoms with E-state index in [2.05, 4.69) is 0 Å². The van der Waals surface area contributed by atoms with Gasteiger partial charge in [-0.15, -0.1) is 0 Å². The van der Waals surface area contributed by atoms with Gasteiger partial charge in [0.15, 0.2) is 0 Å². The van der Waals surface area contributed by atoms with Crippen LogP contribution in [0, 0.1) is 22.5 Å². The number of benzene rings is 1. The lowest BCUT2D eigenvalue weighted by Gasteiger charge is -2.36. The van der Waals surface area contributed by atoms with Crippen LogP contribution in [0.2, 0.25) is 0 Å². The fourth-order valence-electron chi connectivity index (χ4n) is 2.69. The van der Waals surface area contributed by atoms with Crippen molar-refractivity contribution in [1.29, 1.82) is 0 Å². The molecule has 1 saturated heterocycles. The van der Waals surface area contributed by atoms with Crippen molar-refractivity contribution < 1.29 is 23.2 Å². The number of nitro groups is 1. The molecule has 2 rings (SSSR count). The van der Waals surface area contributed by atoms with Gasteiger partial charge in [-0.25, -0.2) is 8.42 Å². The van der Waals surface area contributed by atoms with Gasteiger partial charge in [-0.2, -0.15) is 4.31 Å². The average Bonchev–Trinajstić information content (AvgIpc) is 2.47. The van der Waals surface area contributed by atoms with Gasteiger partial charge in [0.2, 0.25) is 10.0 Å². The first-order valence-electron chi connectivity index (χ1n) is 7.06. The first-order chi connectivity index (χ1) is 10.6. The smallest absolute Gasteiger partial charge is 0.310 e. The van der Waals surface area contributed by atoms with Crippen LogP contribution in [0.5, 0.6) is 0 Å². The highest BCUT2D eigenvalue weighted by Crippen LogP contribution is 2.34. The largest absolute Gasteiger partial charge is 0.481 e. The van der Waals surface area contributed by atoms with Crippen LogP contribution in [0.3, 0.4) is 0 Å². The fraction of sp³-hybridized carbons (Fsp3) is 0.500. The second-order valence-electron chi connectivity index (χ2n) is 6.01. The standard InChI is InChI=1S/C14H18N2O6S/c1-10-4-5-11(16(19)20)8-12(10)23(21,22)15-7-3-6-14(2,9-15)13(17)18/h4-5,8H,3,6-7,9H2,1-2H3,(H,17,18)/t14-/m1/s1. The lowest BCUT2D eigenvalue weighted by atomic mass is 9.83. The highest BCUT2D eigenvalue weighted by Gasteiger charge is 2.42. The number of nitrogens with zero attached hydrogens (tertiary/aromatic N) is 2. The first-order valence-corrected chi connectivity index (χ1v) is 8.50. The van der Waals surface area contributed by atoms with Crippen LogP contribution < -0.4 is 0 Å². The Morgan fingerprint density at radius 3 is 2.65 bits per heavy atom. The zero-order chi connectivity index (χ0) is 17.4. The average molecular weight is 342 g/mol. The molecular formula is C14H18N2O6S. The Bertz CT molecular complexity index is 761. The van der Waals surface area contributed by atoms with Gasteiger partial charge in [-0.1, -0.05) is 6.07 Å². The molecule has 0 spiro atoms. The molecule has 0 aromatic heterocycles. The molecule has 1 aromatic carbocycles. The van der Waals surface area contributed by atoms with Crippen molar-refractivity contribution in [2.24, 2.45) is 5.41 Å². The molecule has 23 heavy (non-hydrogen) atoms. The lowest BCUT2D eigenvalue weighted by Crippen LogP contribution is -2.48. The second kappa shape index (κ2) is 5.89. The van der Waals surface area contributed by atoms with Crippen LogP contribution in [0.4, 0.5) is 5.69 Å². The summed E-state index contributed by atoms with van der Waals surface area (Å²) in [5.74, 6) is -1.05. The molecule has 1 fully saturated rings. The van der Waals surface area contributed by atoms with E-state index in [0.717, 1.165) is 10.4 Å². The van der Waals surface area contributed by atoms with E-state index in [1.165, 1.54) is 19.1 Å². The van der Waals surface area contributed by atoms with Crippen molar-refractivity contribution in [2.75, 3.05) is 13.1 Å². The van der Waals surface area contributed by atoms with Gasteiger partial charge in [-0.05, 0) is 32.3 Å². The van der Waals surface area contributed by atoms with Crippen LogP contribution in [0.15, 0.2) is 23.1 Å². The predicted octanol–water partition coefficient (Wildman–Crippen LogP) is 1.78. The van der Waals surface area contributed by atoms with Gasteiger partial charge >= 0.3 is 5.97 Å². The molecule has 1 aliphatic heterocycles. The molecule has 126 valence electrons. The molecule has 0 amide bonds. The molecule has 0 aliphatic carbocycles. The number of hydrogen-bond donors (Lipinski definition) is 1. The van der Waals surface area contributed by atoms with E-state index in [4.69, 9.17) is 0 Å². The predicted molar refractivity (Wildman–Crippen MR) is 81.6 cm³/mol. The summed E-state index contributed by atoms with van der Waals surface area (Å²) >= 11 is 0. The molecule has 0 unspecified atom stereocenters. The zero-order valence-electron chi connectivity index (χ0n) is 12.9. The van der Waals surface area contributed by atoms with Crippen molar-refractivity contribution in [3.05, 3.63) is 33.9 Å². The molecule has 9 heteroatoms. The summed E-state index contributed by atoms with van der Waals surface area (Å²) in [6.07, 6.45) is 0.818. The summed E-state index contributed by atoms with van der Waals surface area (Å²) in [4.78, 5) is 21.5. The zero-order valence-corrected chi connectivity index (χ0v) is 13.7. The molecule has 1 heterocycles. The Hall–Kier alpha value is -2.00. The third kappa shape index (κ3) is 3.20. The van der Waals surface area contributed by atoms with E-state index in [-0.39, 0.29) is 23.7 Å². The van der Waals surface area contributed by atoms with E-state index in [9.17, 15) is 28.4 Å². The molecule has 1 atom stereocenters. The topological polar surface area (TPSA) is 118 Å². The maximum atomic E-state index is 12.8. The molecule has 0 bridgehead atoms. The number of hydrogen-bond acceptors (Lipinski definition) is 5. The van der Waals surface area contributed by atoms with Crippen molar-refractivity contribution in [3.8, 4) is 0 Å². The van der Waals surface area contributed by atoms with Crippen molar-refractivity contribution >= 4 is 21.7 Å². The Kier molecular flexibility index (Phi) is 4.45. The van der Waals surface area contributed by atoms with E-state index < -0.39 is 26.3 Å². The fourth-order valence-corrected chi connectivity index (χ4v) is 4.54. The lowest BCUT2D eigenvalue weighted by molar-refractivity contribution is -0.385. The van der Waals surface area contributed by atoms with Crippen LogP contribution in [-0.2, 0) is 14.8 Å². The minimum absolute atomic E-state index is 0.146. The Morgan fingerprint density at radius 1 is 1.43 bits per heavy atom. The van der Waals surface area contributed by atoms with Gasteiger partial charge in [0, 0.05) is 25.2 Å². The Morgan fingerprint density at radius 2 is 2.09 bits per heavy atom. The Balaban J connectivity index is 2.44. The van der Waals surface area contributed by atoms with Crippen LogP contribution >= 0.6 is 0 Å². The van der Waals surface area contributed by atoms with Crippen LogP contribution in [-0.4, -0.2) is 41.8 Å². The number of non-ortho nitro benzene ring substituents is 1. The summed E-state index contributed by atoms with van der Waals surface area (Å²) in [7, 11) is -3.99. The molecular weight excluding hydrogens is 324 g/mol. The van der Waals surface area contributed by atoms with Gasteiger partial charge in [0.1, 0.15) is 0 Å². The molecule has 0 radical (unpaired) electrons. The molecule has 1 aliphatic rings. The number of aryl methyl sites for hydroxylation is 1. The van der Waals surface area contributed by atoms with Crippen molar-refractivity contribution in [1.82, 2.24) is 4.31 Å². The van der Waals surface area contributed by atoms with E-state index in [0.29, 0.717) is 18.4 Å². The minimum atomic E-state index is -3.99. The van der Waals surface area contributed by atoms with Gasteiger partial charge < -0.3 is 5.11 Å². The maximum absolute atomic E-state index is 12.8. The summed E-state index contributed by atoms with van der Waals surface area (Å²) in [5, 5.41) is 20.2. The second-order valence-corrected chi connectivity index (χ2v) is 7.92. The number of nitro benzene ring substituents is 1. The molecule has 0 saturated carbocycles. The maximum Gasteiger partial charge on any atom is 0.310 e. The minimum Gasteiger partial charge on any atom is -0.481 e. The highest BCUT2D eigenvalue weighted by atomic mass is 32.2. The third-order valence-corrected chi connectivity index (χ3v) is 6.17. The quantitative estimate of drug-likeness (QED) is 0.658. The highest BCUT2D eigenvalue weighted by molar-refractivity contribution is 7.89. The van der Waals surface area contributed by atoms with Gasteiger partial charge in [-0.3, -0.25) is 14.9 Å². The molecule has 1 N–H and O–H groups in total. The molecule has 8 nitrogen and oxygen atoms in total. The number of carboxylic acids is 1. The van der Waals surface area contributed by atoms with E-state index in [1.807, 2.05) is 0 Å². The monoisotopic (exact) mass is 342 g/mol. The summed E-state index contributed by atoms with van der Waals surface area (Å²) in [6.45, 7) is 3.12. The number of carbonyl (C=O) groups is 1.